The van der Waals surface area contributed by atoms with Gasteiger partial charge in [-0.25, -0.2) is 4.98 Å². The van der Waals surface area contributed by atoms with Crippen LogP contribution in [0.25, 0.3) is 0 Å². The normalized spacial score (nSPS) is 11.5. The standard InChI is InChI=1S/C4HF3NOS/c5-4(6,7)9-3-8-1-2-10-3/h2H. The van der Waals surface area contributed by atoms with Gasteiger partial charge in [-0.3, -0.25) is 0 Å². The molecule has 0 aliphatic carbocycles. The lowest BCUT2D eigenvalue weighted by Crippen LogP contribution is -2.16. The number of nitrogens with zero attached hydrogens (tertiary/aromatic N) is 1. The molecule has 0 aliphatic heterocycles. The van der Waals surface area contributed by atoms with Crippen molar-refractivity contribution < 1.29 is 17.9 Å². The summed E-state index contributed by atoms with van der Waals surface area (Å²) in [6.45, 7) is 0. The van der Waals surface area contributed by atoms with E-state index in [-0.39, 0.29) is 0 Å². The topological polar surface area (TPSA) is 22.1 Å². The Balaban J connectivity index is 2.57. The van der Waals surface area contributed by atoms with E-state index in [9.17, 15) is 13.2 Å². The fraction of sp³-hybridized carbons (Fsp3) is 0.250. The Bertz CT molecular complexity index is 195. The molecule has 2 nitrogen and oxygen atoms in total. The van der Waals surface area contributed by atoms with Crippen LogP contribution in [-0.2, 0) is 0 Å². The maximum absolute atomic E-state index is 11.3. The van der Waals surface area contributed by atoms with E-state index >= 15 is 0 Å². The van der Waals surface area contributed by atoms with Crippen LogP contribution in [0, 0.1) is 6.20 Å². The highest BCUT2D eigenvalue weighted by molar-refractivity contribution is 7.11. The SMILES string of the molecule is FC(F)(F)Oc1n[c]cs1. The van der Waals surface area contributed by atoms with Crippen molar-refractivity contribution in [2.45, 2.75) is 6.36 Å². The second kappa shape index (κ2) is 2.45. The molecule has 1 radical (unpaired) electrons. The zero-order valence-electron chi connectivity index (χ0n) is 4.47. The quantitative estimate of drug-likeness (QED) is 0.638. The predicted molar refractivity (Wildman–Crippen MR) is 27.6 cm³/mol. The third kappa shape index (κ3) is 2.22. The van der Waals surface area contributed by atoms with E-state index in [2.05, 4.69) is 15.9 Å². The molecule has 0 N–H and O–H groups in total. The van der Waals surface area contributed by atoms with Crippen LogP contribution >= 0.6 is 11.3 Å². The molecule has 0 unspecified atom stereocenters. The van der Waals surface area contributed by atoms with Gasteiger partial charge in [0.25, 0.3) is 5.19 Å². The van der Waals surface area contributed by atoms with Crippen molar-refractivity contribution in [3.8, 4) is 5.19 Å². The number of aromatic nitrogens is 1. The molecule has 0 saturated heterocycles. The summed E-state index contributed by atoms with van der Waals surface area (Å²) in [5.74, 6) is 0. The van der Waals surface area contributed by atoms with E-state index in [1.54, 1.807) is 0 Å². The summed E-state index contributed by atoms with van der Waals surface area (Å²) >= 11 is 0.741. The molecule has 1 rings (SSSR count). The molecular formula is C4HF3NOS. The molecule has 1 aromatic heterocycles. The summed E-state index contributed by atoms with van der Waals surface area (Å²) in [5.41, 5.74) is 0. The van der Waals surface area contributed by atoms with Crippen LogP contribution in [0.2, 0.25) is 0 Å². The Morgan fingerprint density at radius 3 is 2.70 bits per heavy atom. The monoisotopic (exact) mass is 168 g/mol. The van der Waals surface area contributed by atoms with E-state index < -0.39 is 11.6 Å². The molecule has 6 heteroatoms. The van der Waals surface area contributed by atoms with Crippen molar-refractivity contribution in [3.63, 3.8) is 0 Å². The summed E-state index contributed by atoms with van der Waals surface area (Å²) in [7, 11) is 0. The molecule has 55 valence electrons. The van der Waals surface area contributed by atoms with Crippen LogP contribution < -0.4 is 4.74 Å². The van der Waals surface area contributed by atoms with Crippen LogP contribution in [0.3, 0.4) is 0 Å². The summed E-state index contributed by atoms with van der Waals surface area (Å²) in [6.07, 6.45) is -2.45. The molecule has 0 aliphatic rings. The molecule has 1 heterocycles. The summed E-state index contributed by atoms with van der Waals surface area (Å²) in [4.78, 5) is 3.15. The van der Waals surface area contributed by atoms with Crippen molar-refractivity contribution in [2.75, 3.05) is 0 Å². The minimum atomic E-state index is -4.65. The number of hydrogen-bond acceptors (Lipinski definition) is 3. The first-order valence-electron chi connectivity index (χ1n) is 2.15. The molecule has 0 spiro atoms. The van der Waals surface area contributed by atoms with Gasteiger partial charge in [-0.2, -0.15) is 0 Å². The zero-order chi connectivity index (χ0) is 7.61. The van der Waals surface area contributed by atoms with Crippen molar-refractivity contribution in [2.24, 2.45) is 0 Å². The van der Waals surface area contributed by atoms with Crippen LogP contribution in [0.4, 0.5) is 13.2 Å². The molecule has 0 saturated carbocycles. The Labute approximate surface area is 58.3 Å². The number of alkyl halides is 3. The fourth-order valence-electron chi connectivity index (χ4n) is 0.328. The zero-order valence-corrected chi connectivity index (χ0v) is 5.29. The molecule has 0 atom stereocenters. The van der Waals surface area contributed by atoms with Gasteiger partial charge in [0.1, 0.15) is 6.20 Å². The van der Waals surface area contributed by atoms with E-state index in [0.29, 0.717) is 0 Å². The minimum absolute atomic E-state index is 0.437. The van der Waals surface area contributed by atoms with Crippen molar-refractivity contribution in [3.05, 3.63) is 11.6 Å². The van der Waals surface area contributed by atoms with Crippen LogP contribution in [0.1, 0.15) is 0 Å². The molecular weight excluding hydrogens is 167 g/mol. The number of hydrogen-bond donors (Lipinski definition) is 0. The van der Waals surface area contributed by atoms with E-state index in [1.165, 1.54) is 5.38 Å². The predicted octanol–water partition coefficient (Wildman–Crippen LogP) is 1.84. The first-order valence-corrected chi connectivity index (χ1v) is 3.03. The van der Waals surface area contributed by atoms with Crippen LogP contribution in [0.15, 0.2) is 5.38 Å². The highest BCUT2D eigenvalue weighted by Crippen LogP contribution is 2.23. The van der Waals surface area contributed by atoms with E-state index in [1.807, 2.05) is 0 Å². The van der Waals surface area contributed by atoms with Gasteiger partial charge in [0, 0.05) is 5.38 Å². The number of thiazole rings is 1. The van der Waals surface area contributed by atoms with Gasteiger partial charge in [-0.05, 0) is 0 Å². The Morgan fingerprint density at radius 2 is 2.30 bits per heavy atom. The molecule has 0 aromatic carbocycles. The van der Waals surface area contributed by atoms with E-state index in [4.69, 9.17) is 0 Å². The van der Waals surface area contributed by atoms with Gasteiger partial charge in [0.15, 0.2) is 0 Å². The van der Waals surface area contributed by atoms with Gasteiger partial charge in [-0.15, -0.1) is 13.2 Å². The second-order valence-electron chi connectivity index (χ2n) is 1.29. The van der Waals surface area contributed by atoms with Crippen LogP contribution in [-0.4, -0.2) is 11.3 Å². The molecule has 0 amide bonds. The first-order chi connectivity index (χ1) is 4.58. The Morgan fingerprint density at radius 1 is 1.60 bits per heavy atom. The molecule has 1 aromatic rings. The van der Waals surface area contributed by atoms with Crippen molar-refractivity contribution >= 4 is 11.3 Å². The number of rotatable bonds is 1. The molecule has 10 heavy (non-hydrogen) atoms. The van der Waals surface area contributed by atoms with Gasteiger partial charge in [0.05, 0.1) is 0 Å². The highest BCUT2D eigenvalue weighted by Gasteiger charge is 2.32. The molecule has 0 fully saturated rings. The largest absolute Gasteiger partial charge is 0.574 e. The third-order valence-corrected chi connectivity index (χ3v) is 1.17. The average Bonchev–Trinajstić information content (AvgIpc) is 2.12. The third-order valence-electron chi connectivity index (χ3n) is 0.571. The van der Waals surface area contributed by atoms with Crippen LogP contribution in [0.5, 0.6) is 5.19 Å². The Hall–Kier alpha value is -0.780. The highest BCUT2D eigenvalue weighted by atomic mass is 32.1. The van der Waals surface area contributed by atoms with Gasteiger partial charge >= 0.3 is 6.36 Å². The van der Waals surface area contributed by atoms with Gasteiger partial charge < -0.3 is 4.74 Å². The lowest BCUT2D eigenvalue weighted by molar-refractivity contribution is -0.274. The molecule has 0 bridgehead atoms. The number of halogens is 3. The maximum Gasteiger partial charge on any atom is 0.574 e. The lowest BCUT2D eigenvalue weighted by atomic mass is 11.0. The maximum atomic E-state index is 11.3. The lowest BCUT2D eigenvalue weighted by Gasteiger charge is -2.03. The smallest absolute Gasteiger partial charge is 0.378 e. The first kappa shape index (κ1) is 7.33. The summed E-state index contributed by atoms with van der Waals surface area (Å²) in [5, 5.41) is 0.841. The van der Waals surface area contributed by atoms with Crippen molar-refractivity contribution in [1.29, 1.82) is 0 Å². The van der Waals surface area contributed by atoms with E-state index in [0.717, 1.165) is 11.3 Å². The van der Waals surface area contributed by atoms with Gasteiger partial charge in [0.2, 0.25) is 0 Å². The number of ether oxygens (including phenoxy) is 1. The second-order valence-corrected chi connectivity index (χ2v) is 2.11. The summed E-state index contributed by atoms with van der Waals surface area (Å²) in [6, 6.07) is 0. The van der Waals surface area contributed by atoms with Crippen molar-refractivity contribution in [1.82, 2.24) is 4.98 Å². The minimum Gasteiger partial charge on any atom is -0.378 e. The summed E-state index contributed by atoms with van der Waals surface area (Å²) < 4.78 is 37.5. The fourth-order valence-corrected chi connectivity index (χ4v) is 0.782. The van der Waals surface area contributed by atoms with Gasteiger partial charge in [-0.1, -0.05) is 11.3 Å². The average molecular weight is 168 g/mol. The Kier molecular flexibility index (Phi) is 1.80.